The van der Waals surface area contributed by atoms with E-state index in [1.54, 1.807) is 7.11 Å². The monoisotopic (exact) mass is 736 g/mol. The van der Waals surface area contributed by atoms with Crippen LogP contribution in [0.5, 0.6) is 0 Å². The van der Waals surface area contributed by atoms with E-state index in [2.05, 4.69) is 31.3 Å². The van der Waals surface area contributed by atoms with Crippen molar-refractivity contribution in [3.8, 4) is 0 Å². The fraction of sp³-hybridized carbons (Fsp3) is 0.921. The molecule has 1 unspecified atom stereocenters. The Hall–Kier alpha value is -0.880. The van der Waals surface area contributed by atoms with Crippen molar-refractivity contribution in [3.63, 3.8) is 0 Å². The highest BCUT2D eigenvalue weighted by atomic mass is 31.2. The van der Waals surface area contributed by atoms with E-state index in [4.69, 9.17) is 28.2 Å². The third-order valence-electron chi connectivity index (χ3n) is 9.27. The maximum absolute atomic E-state index is 13.2. The van der Waals surface area contributed by atoms with Crippen molar-refractivity contribution in [2.45, 2.75) is 192 Å². The largest absolute Gasteiger partial charge is 0.470 e. The summed E-state index contributed by atoms with van der Waals surface area (Å²) in [7, 11) is -1.80. The van der Waals surface area contributed by atoms with E-state index < -0.39 is 38.5 Å². The highest BCUT2D eigenvalue weighted by molar-refractivity contribution is 7.46. The number of amides is 1. The number of nitrogens with one attached hydrogen (secondary N) is 1. The molecule has 1 heterocycles. The molecule has 0 aromatic carbocycles. The fourth-order valence-electron chi connectivity index (χ4n) is 6.45. The van der Waals surface area contributed by atoms with Gasteiger partial charge in [-0.05, 0) is 51.9 Å². The van der Waals surface area contributed by atoms with E-state index in [1.165, 1.54) is 77.7 Å². The second-order valence-electron chi connectivity index (χ2n) is 13.6. The average Bonchev–Trinajstić information content (AvgIpc) is 3.08. The first-order valence-corrected chi connectivity index (χ1v) is 21.3. The molecule has 12 heteroatoms. The molecule has 0 aliphatic carbocycles. The number of carbonyl (C=O) groups is 1. The van der Waals surface area contributed by atoms with Gasteiger partial charge in [0.25, 0.3) is 0 Å². The summed E-state index contributed by atoms with van der Waals surface area (Å²) in [5.74, 6) is -0.194. The molecule has 1 aliphatic heterocycles. The lowest BCUT2D eigenvalue weighted by atomic mass is 9.96. The Morgan fingerprint density at radius 1 is 0.780 bits per heavy atom. The number of ether oxygens (including phenoxy) is 5. The van der Waals surface area contributed by atoms with Crippen molar-refractivity contribution >= 4 is 13.7 Å². The molecule has 3 N–H and O–H groups in total. The third-order valence-corrected chi connectivity index (χ3v) is 9.79. The van der Waals surface area contributed by atoms with Crippen LogP contribution in [0.15, 0.2) is 12.2 Å². The summed E-state index contributed by atoms with van der Waals surface area (Å²) < 4.78 is 46.7. The molecule has 1 rings (SSSR count). The molecule has 0 aromatic heterocycles. The maximum atomic E-state index is 13.2. The highest BCUT2D eigenvalue weighted by Gasteiger charge is 2.50. The number of unbranched alkanes of at least 4 members (excludes halogenated alkanes) is 15. The van der Waals surface area contributed by atoms with Crippen molar-refractivity contribution in [3.05, 3.63) is 12.2 Å². The summed E-state index contributed by atoms with van der Waals surface area (Å²) in [5.41, 5.74) is 0. The zero-order valence-electron chi connectivity index (χ0n) is 32.2. The zero-order chi connectivity index (χ0) is 36.9. The molecule has 0 bridgehead atoms. The van der Waals surface area contributed by atoms with Crippen LogP contribution >= 0.6 is 7.82 Å². The molecule has 1 fully saturated rings. The van der Waals surface area contributed by atoms with Crippen LogP contribution < -0.4 is 5.32 Å². The molecule has 0 saturated carbocycles. The molecule has 11 nitrogen and oxygen atoms in total. The zero-order valence-corrected chi connectivity index (χ0v) is 33.1. The lowest BCUT2D eigenvalue weighted by molar-refractivity contribution is -0.274. The molecule has 0 spiro atoms. The first kappa shape index (κ1) is 47.1. The van der Waals surface area contributed by atoms with Gasteiger partial charge in [-0.2, -0.15) is 0 Å². The Morgan fingerprint density at radius 2 is 1.36 bits per heavy atom. The minimum absolute atomic E-state index is 0.0109. The van der Waals surface area contributed by atoms with Crippen LogP contribution in [-0.2, 0) is 37.6 Å². The second kappa shape index (κ2) is 30.6. The molecule has 0 aromatic rings. The number of phosphoric ester groups is 1. The van der Waals surface area contributed by atoms with Gasteiger partial charge in [0.1, 0.15) is 24.4 Å². The topological polar surface area (TPSA) is 142 Å². The lowest BCUT2D eigenvalue weighted by Gasteiger charge is -2.46. The Kier molecular flexibility index (Phi) is 28.8. The number of methoxy groups -OCH3 is 2. The predicted octanol–water partition coefficient (Wildman–Crippen LogP) is 8.55. The number of carbonyl (C=O) groups excluding carboxylic acids is 1. The lowest BCUT2D eigenvalue weighted by Crippen LogP contribution is -2.66. The third kappa shape index (κ3) is 22.9. The number of rotatable bonds is 33. The summed E-state index contributed by atoms with van der Waals surface area (Å²) in [6.07, 6.45) is 23.5. The van der Waals surface area contributed by atoms with Gasteiger partial charge in [-0.3, -0.25) is 9.32 Å². The molecule has 50 heavy (non-hydrogen) atoms. The van der Waals surface area contributed by atoms with Gasteiger partial charge < -0.3 is 38.8 Å². The van der Waals surface area contributed by atoms with Crippen molar-refractivity contribution < 1.29 is 47.4 Å². The Labute approximate surface area is 304 Å². The standard InChI is InChI=1S/C38H74NO10P/c1-6-9-11-13-14-15-16-17-18-19-20-21-22-24-26-28-34(40)39-35-37(47-30-29-32(45-5)27-25-23-12-10-7-2)36(49-50(41,42)43)33(31-44-4)48-38(35)46-8-3/h15-16,32-33,35-38H,6-14,17-31H2,1-5H3,(H,39,40)(H2,41,42,43)/b16-15-/t32-,33-,35?,36-,37-,38-/m1/s1. The summed E-state index contributed by atoms with van der Waals surface area (Å²) in [6, 6.07) is -0.854. The van der Waals surface area contributed by atoms with Gasteiger partial charge in [-0.1, -0.05) is 109 Å². The number of allylic oxidation sites excluding steroid dienone is 2. The van der Waals surface area contributed by atoms with Crippen LogP contribution in [0.3, 0.4) is 0 Å². The summed E-state index contributed by atoms with van der Waals surface area (Å²) in [6.45, 7) is 6.77. The van der Waals surface area contributed by atoms with E-state index in [0.717, 1.165) is 51.4 Å². The number of hydrogen-bond donors (Lipinski definition) is 3. The van der Waals surface area contributed by atoms with E-state index >= 15 is 0 Å². The van der Waals surface area contributed by atoms with E-state index in [1.807, 2.05) is 6.92 Å². The van der Waals surface area contributed by atoms with Crippen LogP contribution in [0, 0.1) is 0 Å². The molecule has 0 radical (unpaired) electrons. The first-order chi connectivity index (χ1) is 24.2. The number of hydrogen-bond acceptors (Lipinski definition) is 8. The predicted molar refractivity (Wildman–Crippen MR) is 199 cm³/mol. The van der Waals surface area contributed by atoms with Gasteiger partial charge in [0.05, 0.1) is 12.7 Å². The molecule has 1 aliphatic rings. The van der Waals surface area contributed by atoms with Gasteiger partial charge in [0, 0.05) is 33.9 Å². The van der Waals surface area contributed by atoms with Crippen LogP contribution in [0.25, 0.3) is 0 Å². The molecular weight excluding hydrogens is 661 g/mol. The molecule has 296 valence electrons. The minimum Gasteiger partial charge on any atom is -0.382 e. The smallest absolute Gasteiger partial charge is 0.382 e. The molecular formula is C38H74NO10P. The van der Waals surface area contributed by atoms with Crippen LogP contribution in [0.1, 0.15) is 156 Å². The Balaban J connectivity index is 2.72. The first-order valence-electron chi connectivity index (χ1n) is 19.8. The summed E-state index contributed by atoms with van der Waals surface area (Å²) >= 11 is 0. The number of phosphoric acid groups is 1. The summed E-state index contributed by atoms with van der Waals surface area (Å²) in [5, 5.41) is 3.01. The molecule has 1 saturated heterocycles. The minimum atomic E-state index is -4.95. The van der Waals surface area contributed by atoms with Crippen LogP contribution in [0.2, 0.25) is 0 Å². The Morgan fingerprint density at radius 3 is 1.94 bits per heavy atom. The Bertz CT molecular complexity index is 888. The van der Waals surface area contributed by atoms with Crippen LogP contribution in [-0.4, -0.2) is 86.5 Å². The van der Waals surface area contributed by atoms with E-state index in [0.29, 0.717) is 19.4 Å². The van der Waals surface area contributed by atoms with Crippen molar-refractivity contribution in [1.29, 1.82) is 0 Å². The normalized spacial score (nSPS) is 21.9. The fourth-order valence-corrected chi connectivity index (χ4v) is 7.02. The molecule has 1 amide bonds. The molecule has 6 atom stereocenters. The van der Waals surface area contributed by atoms with Crippen LogP contribution in [0.4, 0.5) is 0 Å². The highest BCUT2D eigenvalue weighted by Crippen LogP contribution is 2.42. The van der Waals surface area contributed by atoms with E-state index in [-0.39, 0.29) is 25.2 Å². The van der Waals surface area contributed by atoms with Gasteiger partial charge in [-0.25, -0.2) is 4.57 Å². The van der Waals surface area contributed by atoms with Crippen molar-refractivity contribution in [2.24, 2.45) is 0 Å². The summed E-state index contributed by atoms with van der Waals surface area (Å²) in [4.78, 5) is 32.9. The SMILES string of the molecule is CCCCCC/C=C\CCCCCCCCCC(=O)NC1[C@H](OCC)O[C@H](COC)[C@@H](OP(=O)(O)O)[C@@H]1OCC[C@@H](CCCCCCC)OC. The second-order valence-corrected chi connectivity index (χ2v) is 14.8. The van der Waals surface area contributed by atoms with Gasteiger partial charge in [-0.15, -0.1) is 0 Å². The van der Waals surface area contributed by atoms with Gasteiger partial charge in [0.15, 0.2) is 6.29 Å². The van der Waals surface area contributed by atoms with E-state index in [9.17, 15) is 19.1 Å². The quantitative estimate of drug-likeness (QED) is 0.0341. The van der Waals surface area contributed by atoms with Crippen molar-refractivity contribution in [1.82, 2.24) is 5.32 Å². The maximum Gasteiger partial charge on any atom is 0.470 e. The average molecular weight is 736 g/mol. The van der Waals surface area contributed by atoms with Crippen molar-refractivity contribution in [2.75, 3.05) is 34.0 Å². The van der Waals surface area contributed by atoms with Gasteiger partial charge in [0.2, 0.25) is 5.91 Å². The van der Waals surface area contributed by atoms with Gasteiger partial charge >= 0.3 is 7.82 Å².